The topological polar surface area (TPSA) is 81.1 Å². The van der Waals surface area contributed by atoms with Gasteiger partial charge in [-0.15, -0.1) is 11.3 Å². The summed E-state index contributed by atoms with van der Waals surface area (Å²) in [6.45, 7) is 0.381. The zero-order valence-electron chi connectivity index (χ0n) is 12.4. The van der Waals surface area contributed by atoms with E-state index in [-0.39, 0.29) is 11.8 Å². The molecular weight excluding hydrogens is 310 g/mol. The summed E-state index contributed by atoms with van der Waals surface area (Å²) in [5, 5.41) is 5.23. The lowest BCUT2D eigenvalue weighted by Crippen LogP contribution is -2.25. The summed E-state index contributed by atoms with van der Waals surface area (Å²) in [5.74, 6) is 0.623. The fourth-order valence-electron chi connectivity index (χ4n) is 2.41. The van der Waals surface area contributed by atoms with Crippen LogP contribution in [-0.2, 0) is 11.3 Å². The fourth-order valence-corrected chi connectivity index (χ4v) is 2.97. The molecule has 0 saturated heterocycles. The van der Waals surface area contributed by atoms with Gasteiger partial charge in [-0.2, -0.15) is 0 Å². The molecule has 118 valence electrons. The van der Waals surface area contributed by atoms with Crippen molar-refractivity contribution in [2.45, 2.75) is 18.9 Å². The number of carbonyl (C=O) groups is 1. The maximum atomic E-state index is 12.3. The molecule has 0 saturated carbocycles. The lowest BCUT2D eigenvalue weighted by Gasteiger charge is -2.14. The summed E-state index contributed by atoms with van der Waals surface area (Å²) in [6, 6.07) is 13.6. The zero-order valence-corrected chi connectivity index (χ0v) is 13.3. The van der Waals surface area contributed by atoms with Crippen molar-refractivity contribution >= 4 is 22.4 Å². The Bertz CT molecular complexity index is 753. The van der Waals surface area contributed by atoms with Gasteiger partial charge in [-0.25, -0.2) is 4.98 Å². The first kappa shape index (κ1) is 15.3. The predicted octanol–water partition coefficient (Wildman–Crippen LogP) is 3.16. The zero-order chi connectivity index (χ0) is 16.1. The Morgan fingerprint density at radius 3 is 2.74 bits per heavy atom. The van der Waals surface area contributed by atoms with Crippen molar-refractivity contribution in [2.75, 3.05) is 5.73 Å². The molecular formula is C17H17N3O2S. The largest absolute Gasteiger partial charge is 0.469 e. The lowest BCUT2D eigenvalue weighted by molar-refractivity contribution is -0.121. The molecule has 0 fully saturated rings. The first-order valence-electron chi connectivity index (χ1n) is 7.27. The third-order valence-corrected chi connectivity index (χ3v) is 4.24. The van der Waals surface area contributed by atoms with Crippen molar-refractivity contribution in [3.8, 4) is 0 Å². The monoisotopic (exact) mass is 327 g/mol. The standard InChI is InChI=1S/C17H17N3O2S/c18-17-20-13(11-23-17)10-19-16(21)9-14(15-7-4-8-22-15)12-5-2-1-3-6-12/h1-8,11,14H,9-10H2,(H2,18,20)(H,19,21). The van der Waals surface area contributed by atoms with E-state index in [2.05, 4.69) is 10.3 Å². The van der Waals surface area contributed by atoms with Gasteiger partial charge in [0, 0.05) is 11.8 Å². The molecule has 0 spiro atoms. The van der Waals surface area contributed by atoms with Crippen LogP contribution in [0.3, 0.4) is 0 Å². The van der Waals surface area contributed by atoms with Crippen LogP contribution in [0.4, 0.5) is 5.13 Å². The van der Waals surface area contributed by atoms with Gasteiger partial charge in [0.05, 0.1) is 24.4 Å². The van der Waals surface area contributed by atoms with Crippen LogP contribution in [0.15, 0.2) is 58.5 Å². The van der Waals surface area contributed by atoms with Crippen LogP contribution >= 0.6 is 11.3 Å². The quantitative estimate of drug-likeness (QED) is 0.729. The number of nitrogens with zero attached hydrogens (tertiary/aromatic N) is 1. The van der Waals surface area contributed by atoms with Gasteiger partial charge in [0.2, 0.25) is 5.91 Å². The Labute approximate surface area is 138 Å². The van der Waals surface area contributed by atoms with Crippen molar-refractivity contribution < 1.29 is 9.21 Å². The van der Waals surface area contributed by atoms with E-state index in [1.54, 1.807) is 6.26 Å². The number of carbonyl (C=O) groups excluding carboxylic acids is 1. The van der Waals surface area contributed by atoms with Crippen LogP contribution in [0.1, 0.15) is 29.4 Å². The average molecular weight is 327 g/mol. The van der Waals surface area contributed by atoms with E-state index >= 15 is 0 Å². The molecule has 1 aromatic carbocycles. The lowest BCUT2D eigenvalue weighted by atomic mass is 9.93. The van der Waals surface area contributed by atoms with Crippen LogP contribution < -0.4 is 11.1 Å². The second kappa shape index (κ2) is 7.11. The normalized spacial score (nSPS) is 12.0. The molecule has 2 aromatic heterocycles. The Kier molecular flexibility index (Phi) is 4.73. The molecule has 0 bridgehead atoms. The highest BCUT2D eigenvalue weighted by Gasteiger charge is 2.20. The summed E-state index contributed by atoms with van der Waals surface area (Å²) in [6.07, 6.45) is 1.94. The SMILES string of the molecule is Nc1nc(CNC(=O)CC(c2ccccc2)c2ccco2)cs1. The van der Waals surface area contributed by atoms with Crippen molar-refractivity contribution in [3.05, 3.63) is 71.1 Å². The average Bonchev–Trinajstić information content (AvgIpc) is 3.23. The van der Waals surface area contributed by atoms with Crippen LogP contribution in [0.2, 0.25) is 0 Å². The molecule has 1 atom stereocenters. The molecule has 1 unspecified atom stereocenters. The molecule has 0 aliphatic rings. The van der Waals surface area contributed by atoms with Gasteiger partial charge in [0.25, 0.3) is 0 Å². The van der Waals surface area contributed by atoms with E-state index in [0.29, 0.717) is 18.1 Å². The number of nitrogens with one attached hydrogen (secondary N) is 1. The van der Waals surface area contributed by atoms with Crippen LogP contribution in [0, 0.1) is 0 Å². The molecule has 2 heterocycles. The highest BCUT2D eigenvalue weighted by atomic mass is 32.1. The molecule has 0 aliphatic heterocycles. The van der Waals surface area contributed by atoms with E-state index in [0.717, 1.165) is 17.0 Å². The summed E-state index contributed by atoms with van der Waals surface area (Å²) in [5.41, 5.74) is 7.41. The number of anilines is 1. The number of hydrogen-bond donors (Lipinski definition) is 2. The van der Waals surface area contributed by atoms with Gasteiger partial charge in [0.15, 0.2) is 5.13 Å². The van der Waals surface area contributed by atoms with Gasteiger partial charge >= 0.3 is 0 Å². The maximum Gasteiger partial charge on any atom is 0.221 e. The Hall–Kier alpha value is -2.60. The molecule has 6 heteroatoms. The van der Waals surface area contributed by atoms with Crippen LogP contribution in [0.5, 0.6) is 0 Å². The first-order valence-corrected chi connectivity index (χ1v) is 8.15. The number of amides is 1. The van der Waals surface area contributed by atoms with E-state index in [1.165, 1.54) is 11.3 Å². The Morgan fingerprint density at radius 2 is 2.09 bits per heavy atom. The number of nitrogens with two attached hydrogens (primary N) is 1. The van der Waals surface area contributed by atoms with Crippen molar-refractivity contribution in [1.82, 2.24) is 10.3 Å². The minimum absolute atomic E-state index is 0.0539. The van der Waals surface area contributed by atoms with Crippen molar-refractivity contribution in [3.63, 3.8) is 0 Å². The number of furan rings is 1. The van der Waals surface area contributed by atoms with E-state index in [1.807, 2.05) is 47.8 Å². The van der Waals surface area contributed by atoms with Gasteiger partial charge in [-0.1, -0.05) is 30.3 Å². The highest BCUT2D eigenvalue weighted by molar-refractivity contribution is 7.13. The predicted molar refractivity (Wildman–Crippen MR) is 90.0 cm³/mol. The minimum Gasteiger partial charge on any atom is -0.469 e. The number of rotatable bonds is 6. The van der Waals surface area contributed by atoms with Crippen molar-refractivity contribution in [2.24, 2.45) is 0 Å². The summed E-state index contributed by atoms with van der Waals surface area (Å²) >= 11 is 1.37. The summed E-state index contributed by atoms with van der Waals surface area (Å²) in [7, 11) is 0. The minimum atomic E-state index is -0.105. The van der Waals surface area contributed by atoms with Crippen LogP contribution in [-0.4, -0.2) is 10.9 Å². The van der Waals surface area contributed by atoms with E-state index in [4.69, 9.17) is 10.2 Å². The summed E-state index contributed by atoms with van der Waals surface area (Å²) in [4.78, 5) is 16.4. The van der Waals surface area contributed by atoms with Gasteiger partial charge in [-0.3, -0.25) is 4.79 Å². The molecule has 0 radical (unpaired) electrons. The van der Waals surface area contributed by atoms with Gasteiger partial charge in [0.1, 0.15) is 5.76 Å². The maximum absolute atomic E-state index is 12.3. The number of benzene rings is 1. The fraction of sp³-hybridized carbons (Fsp3) is 0.176. The first-order chi connectivity index (χ1) is 11.2. The Balaban J connectivity index is 1.67. The summed E-state index contributed by atoms with van der Waals surface area (Å²) < 4.78 is 5.51. The highest BCUT2D eigenvalue weighted by Crippen LogP contribution is 2.28. The van der Waals surface area contributed by atoms with Crippen molar-refractivity contribution in [1.29, 1.82) is 0 Å². The van der Waals surface area contributed by atoms with Gasteiger partial charge in [-0.05, 0) is 17.7 Å². The number of thiazole rings is 1. The second-order valence-corrected chi connectivity index (χ2v) is 6.03. The van der Waals surface area contributed by atoms with Crippen LogP contribution in [0.25, 0.3) is 0 Å². The smallest absolute Gasteiger partial charge is 0.221 e. The molecule has 23 heavy (non-hydrogen) atoms. The molecule has 3 N–H and O–H groups in total. The number of nitrogen functional groups attached to an aromatic ring is 1. The van der Waals surface area contributed by atoms with E-state index in [9.17, 15) is 4.79 Å². The third kappa shape index (κ3) is 3.98. The van der Waals surface area contributed by atoms with Gasteiger partial charge < -0.3 is 15.5 Å². The number of hydrogen-bond acceptors (Lipinski definition) is 5. The molecule has 1 amide bonds. The third-order valence-electron chi connectivity index (χ3n) is 3.51. The second-order valence-electron chi connectivity index (χ2n) is 5.14. The Morgan fingerprint density at radius 1 is 1.26 bits per heavy atom. The number of aromatic nitrogens is 1. The molecule has 3 aromatic rings. The molecule has 5 nitrogen and oxygen atoms in total. The molecule has 3 rings (SSSR count). The molecule has 0 aliphatic carbocycles. The van der Waals surface area contributed by atoms with E-state index < -0.39 is 0 Å².